The van der Waals surface area contributed by atoms with Gasteiger partial charge in [0.05, 0.1) is 23.0 Å². The highest BCUT2D eigenvalue weighted by atomic mass is 32.1. The van der Waals surface area contributed by atoms with E-state index in [0.29, 0.717) is 13.1 Å². The summed E-state index contributed by atoms with van der Waals surface area (Å²) < 4.78 is 28.1. The lowest BCUT2D eigenvalue weighted by Crippen LogP contribution is -2.41. The molecule has 1 aliphatic rings. The predicted molar refractivity (Wildman–Crippen MR) is 115 cm³/mol. The molecule has 2 amide bonds. The van der Waals surface area contributed by atoms with Crippen LogP contribution >= 0.6 is 11.3 Å². The number of nitrogens with one attached hydrogen (secondary N) is 1. The van der Waals surface area contributed by atoms with Gasteiger partial charge in [0, 0.05) is 31.3 Å². The summed E-state index contributed by atoms with van der Waals surface area (Å²) in [4.78, 5) is 35.5. The second kappa shape index (κ2) is 9.49. The van der Waals surface area contributed by atoms with E-state index >= 15 is 0 Å². The monoisotopic (exact) mass is 458 g/mol. The number of nitrogens with zero attached hydrogens (tertiary/aromatic N) is 3. The Hall–Kier alpha value is -3.24. The van der Waals surface area contributed by atoms with Crippen molar-refractivity contribution >= 4 is 28.8 Å². The molecule has 10 heteroatoms. The summed E-state index contributed by atoms with van der Waals surface area (Å²) in [5.74, 6) is -2.41. The lowest BCUT2D eigenvalue weighted by atomic mass is 9.98. The molecule has 0 bridgehead atoms. The van der Waals surface area contributed by atoms with Crippen LogP contribution in [-0.2, 0) is 0 Å². The molecule has 0 radical (unpaired) electrons. The number of halogens is 2. The number of carbonyl (C=O) groups is 2. The molecular formula is C22H20F2N4O3S. The van der Waals surface area contributed by atoms with E-state index < -0.39 is 17.5 Å². The van der Waals surface area contributed by atoms with Gasteiger partial charge in [-0.05, 0) is 37.0 Å². The fourth-order valence-corrected chi connectivity index (χ4v) is 4.48. The van der Waals surface area contributed by atoms with Crippen LogP contribution in [0.3, 0.4) is 0 Å². The van der Waals surface area contributed by atoms with Crippen LogP contribution in [0, 0.1) is 17.6 Å². The van der Waals surface area contributed by atoms with Crippen LogP contribution in [0.2, 0.25) is 0 Å². The summed E-state index contributed by atoms with van der Waals surface area (Å²) in [5.41, 5.74) is 0.147. The summed E-state index contributed by atoms with van der Waals surface area (Å²) in [6.45, 7) is 1.02. The van der Waals surface area contributed by atoms with E-state index in [1.54, 1.807) is 4.90 Å². The van der Waals surface area contributed by atoms with Gasteiger partial charge in [0.25, 0.3) is 11.8 Å². The zero-order valence-electron chi connectivity index (χ0n) is 16.9. The third-order valence-electron chi connectivity index (χ3n) is 5.28. The smallest absolute Gasteiger partial charge is 0.275 e. The van der Waals surface area contributed by atoms with Crippen LogP contribution in [0.4, 0.5) is 14.5 Å². The third kappa shape index (κ3) is 4.51. The fraction of sp³-hybridized carbons (Fsp3) is 0.273. The van der Waals surface area contributed by atoms with Crippen LogP contribution < -0.4 is 5.32 Å². The topological polar surface area (TPSA) is 95.4 Å². The number of pyridine rings is 1. The number of aliphatic hydroxyl groups excluding tert-OH is 1. The molecule has 7 nitrogen and oxygen atoms in total. The van der Waals surface area contributed by atoms with Crippen molar-refractivity contribution in [1.82, 2.24) is 14.9 Å². The standard InChI is InChI=1S/C22H20F2N4O3S/c23-15-4-1-5-16(24)19(15)21-27-18(12-32-21)20(30)26-17-9-25-7-6-14(17)22(31)28-8-2-3-13(10-28)11-29/h1,4-7,9,12-13,29H,2-3,8,10-11H2,(H,26,30). The van der Waals surface area contributed by atoms with Crippen molar-refractivity contribution in [2.75, 3.05) is 25.0 Å². The Bertz CT molecular complexity index is 1130. The summed E-state index contributed by atoms with van der Waals surface area (Å²) in [6, 6.07) is 5.01. The number of likely N-dealkylation sites (tertiary alicyclic amines) is 1. The van der Waals surface area contributed by atoms with Crippen LogP contribution in [0.1, 0.15) is 33.7 Å². The van der Waals surface area contributed by atoms with E-state index in [-0.39, 0.29) is 45.9 Å². The molecule has 1 unspecified atom stereocenters. The lowest BCUT2D eigenvalue weighted by Gasteiger charge is -2.32. The minimum absolute atomic E-state index is 0.0124. The number of anilines is 1. The minimum Gasteiger partial charge on any atom is -0.396 e. The molecule has 166 valence electrons. The van der Waals surface area contributed by atoms with Gasteiger partial charge >= 0.3 is 0 Å². The van der Waals surface area contributed by atoms with Crippen molar-refractivity contribution in [3.63, 3.8) is 0 Å². The zero-order chi connectivity index (χ0) is 22.7. The molecule has 4 rings (SSSR count). The number of amides is 2. The van der Waals surface area contributed by atoms with Crippen molar-refractivity contribution in [3.8, 4) is 10.6 Å². The zero-order valence-corrected chi connectivity index (χ0v) is 17.7. The summed E-state index contributed by atoms with van der Waals surface area (Å²) in [7, 11) is 0. The summed E-state index contributed by atoms with van der Waals surface area (Å²) in [5, 5.41) is 13.5. The van der Waals surface area contributed by atoms with Gasteiger partial charge in [-0.15, -0.1) is 11.3 Å². The molecule has 1 aromatic carbocycles. The van der Waals surface area contributed by atoms with Gasteiger partial charge in [-0.25, -0.2) is 13.8 Å². The van der Waals surface area contributed by atoms with Gasteiger partial charge in [-0.1, -0.05) is 6.07 Å². The second-order valence-electron chi connectivity index (χ2n) is 7.45. The Morgan fingerprint density at radius 1 is 1.25 bits per heavy atom. The molecule has 1 saturated heterocycles. The molecule has 0 saturated carbocycles. The number of aliphatic hydroxyl groups is 1. The maximum Gasteiger partial charge on any atom is 0.275 e. The van der Waals surface area contributed by atoms with Crippen LogP contribution in [0.5, 0.6) is 0 Å². The van der Waals surface area contributed by atoms with E-state index in [0.717, 1.165) is 36.3 Å². The Morgan fingerprint density at radius 2 is 2.03 bits per heavy atom. The average Bonchev–Trinajstić information content (AvgIpc) is 3.29. The van der Waals surface area contributed by atoms with Crippen molar-refractivity contribution < 1.29 is 23.5 Å². The normalized spacial score (nSPS) is 16.1. The van der Waals surface area contributed by atoms with Crippen molar-refractivity contribution in [3.05, 3.63) is 64.9 Å². The molecule has 2 aromatic heterocycles. The van der Waals surface area contributed by atoms with Gasteiger partial charge in [-0.2, -0.15) is 0 Å². The van der Waals surface area contributed by atoms with Crippen LogP contribution in [-0.4, -0.2) is 51.5 Å². The molecule has 32 heavy (non-hydrogen) atoms. The minimum atomic E-state index is -0.769. The highest BCUT2D eigenvalue weighted by Crippen LogP contribution is 2.29. The van der Waals surface area contributed by atoms with E-state index in [1.165, 1.54) is 29.9 Å². The average molecular weight is 458 g/mol. The van der Waals surface area contributed by atoms with Gasteiger partial charge in [0.1, 0.15) is 22.3 Å². The van der Waals surface area contributed by atoms with E-state index in [4.69, 9.17) is 0 Å². The first-order chi connectivity index (χ1) is 15.5. The Labute approximate surface area is 186 Å². The van der Waals surface area contributed by atoms with Crippen molar-refractivity contribution in [2.45, 2.75) is 12.8 Å². The first-order valence-electron chi connectivity index (χ1n) is 10.0. The highest BCUT2D eigenvalue weighted by molar-refractivity contribution is 7.13. The van der Waals surface area contributed by atoms with E-state index in [1.807, 2.05) is 0 Å². The molecule has 2 N–H and O–H groups in total. The highest BCUT2D eigenvalue weighted by Gasteiger charge is 2.26. The number of benzene rings is 1. The number of hydrogen-bond donors (Lipinski definition) is 2. The Balaban J connectivity index is 1.54. The van der Waals surface area contributed by atoms with Gasteiger partial charge in [0.2, 0.25) is 0 Å². The molecule has 3 heterocycles. The van der Waals surface area contributed by atoms with Gasteiger partial charge in [0.15, 0.2) is 0 Å². The number of aromatic nitrogens is 2. The largest absolute Gasteiger partial charge is 0.396 e. The van der Waals surface area contributed by atoms with Crippen molar-refractivity contribution in [2.24, 2.45) is 5.92 Å². The fourth-order valence-electron chi connectivity index (χ4n) is 3.63. The Kier molecular flexibility index (Phi) is 6.52. The number of hydrogen-bond acceptors (Lipinski definition) is 6. The van der Waals surface area contributed by atoms with Gasteiger partial charge < -0.3 is 15.3 Å². The SMILES string of the molecule is O=C(Nc1cnccc1C(=O)N1CCCC(CO)C1)c1csc(-c2c(F)cccc2F)n1. The molecule has 3 aromatic rings. The van der Waals surface area contributed by atoms with Crippen LogP contribution in [0.15, 0.2) is 42.0 Å². The van der Waals surface area contributed by atoms with E-state index in [9.17, 15) is 23.5 Å². The predicted octanol–water partition coefficient (Wildman–Crippen LogP) is 3.58. The van der Waals surface area contributed by atoms with E-state index in [2.05, 4.69) is 15.3 Å². The Morgan fingerprint density at radius 3 is 2.78 bits per heavy atom. The molecule has 0 aliphatic carbocycles. The first kappa shape index (κ1) is 22.0. The number of piperidine rings is 1. The second-order valence-corrected chi connectivity index (χ2v) is 8.31. The van der Waals surface area contributed by atoms with Gasteiger partial charge in [-0.3, -0.25) is 14.6 Å². The lowest BCUT2D eigenvalue weighted by molar-refractivity contribution is 0.0621. The quantitative estimate of drug-likeness (QED) is 0.609. The first-order valence-corrected chi connectivity index (χ1v) is 10.9. The number of rotatable bonds is 5. The number of carbonyl (C=O) groups excluding carboxylic acids is 2. The molecule has 1 aliphatic heterocycles. The van der Waals surface area contributed by atoms with Crippen molar-refractivity contribution in [1.29, 1.82) is 0 Å². The molecule has 1 atom stereocenters. The molecule has 1 fully saturated rings. The van der Waals surface area contributed by atoms with Crippen LogP contribution in [0.25, 0.3) is 10.6 Å². The molecular weight excluding hydrogens is 438 g/mol. The molecule has 0 spiro atoms. The number of thiazole rings is 1. The maximum atomic E-state index is 14.0. The maximum absolute atomic E-state index is 14.0. The summed E-state index contributed by atoms with van der Waals surface area (Å²) >= 11 is 0.939. The third-order valence-corrected chi connectivity index (χ3v) is 6.14. The summed E-state index contributed by atoms with van der Waals surface area (Å²) in [6.07, 6.45) is 4.47.